The van der Waals surface area contributed by atoms with E-state index in [0.717, 1.165) is 19.4 Å². The molecule has 0 aliphatic carbocycles. The van der Waals surface area contributed by atoms with E-state index in [1.165, 1.54) is 30.6 Å². The molecule has 21 heavy (non-hydrogen) atoms. The lowest BCUT2D eigenvalue weighted by Crippen LogP contribution is -2.40. The Balaban J connectivity index is 0.00000161. The maximum absolute atomic E-state index is 12.3. The normalized spacial score (nSPS) is 27.2. The van der Waals surface area contributed by atoms with Gasteiger partial charge in [-0.05, 0) is 49.5 Å². The van der Waals surface area contributed by atoms with Gasteiger partial charge >= 0.3 is 0 Å². The summed E-state index contributed by atoms with van der Waals surface area (Å²) in [5, 5.41) is 5.74. The predicted molar refractivity (Wildman–Crippen MR) is 90.2 cm³/mol. The van der Waals surface area contributed by atoms with Crippen molar-refractivity contribution >= 4 is 29.7 Å². The maximum atomic E-state index is 12.3. The van der Waals surface area contributed by atoms with E-state index < -0.39 is 0 Å². The zero-order chi connectivity index (χ0) is 13.9. The van der Waals surface area contributed by atoms with Crippen LogP contribution in [0.3, 0.4) is 0 Å². The number of rotatable bonds is 5. The van der Waals surface area contributed by atoms with Crippen molar-refractivity contribution in [1.29, 1.82) is 0 Å². The van der Waals surface area contributed by atoms with Crippen LogP contribution in [0.5, 0.6) is 0 Å². The van der Waals surface area contributed by atoms with Crippen molar-refractivity contribution in [3.8, 4) is 0 Å². The molecule has 118 valence electrons. The fraction of sp³-hybridized carbons (Fsp3) is 0.688. The van der Waals surface area contributed by atoms with Crippen molar-refractivity contribution in [1.82, 2.24) is 10.2 Å². The highest BCUT2D eigenvalue weighted by Gasteiger charge is 2.34. The van der Waals surface area contributed by atoms with Crippen LogP contribution in [-0.2, 0) is 11.2 Å². The minimum atomic E-state index is 0. The summed E-state index contributed by atoms with van der Waals surface area (Å²) in [6, 6.07) is 5.59. The second-order valence-electron chi connectivity index (χ2n) is 6.32. The standard InChI is InChI=1S/C16H24N2OS.ClH/c1-18(7-6-15-3-2-8-20-15)16(19)11-12-9-13-4-5-14(10-12)17-13;/h2-3,8,12-14,17H,4-7,9-11H2,1H3;1H. The molecule has 0 saturated carbocycles. The zero-order valence-electron chi connectivity index (χ0n) is 12.6. The summed E-state index contributed by atoms with van der Waals surface area (Å²) in [5.74, 6) is 0.929. The van der Waals surface area contributed by atoms with E-state index >= 15 is 0 Å². The number of carbonyl (C=O) groups excluding carboxylic acids is 1. The largest absolute Gasteiger partial charge is 0.345 e. The van der Waals surface area contributed by atoms with Crippen LogP contribution in [0.1, 0.15) is 37.0 Å². The molecule has 2 unspecified atom stereocenters. The predicted octanol–water partition coefficient (Wildman–Crippen LogP) is 3.09. The first-order chi connectivity index (χ1) is 9.70. The second kappa shape index (κ2) is 7.61. The van der Waals surface area contributed by atoms with Crippen LogP contribution >= 0.6 is 23.7 Å². The number of halogens is 1. The molecule has 1 aromatic rings. The third-order valence-corrected chi connectivity index (χ3v) is 5.67. The van der Waals surface area contributed by atoms with Crippen molar-refractivity contribution in [3.63, 3.8) is 0 Å². The van der Waals surface area contributed by atoms with Gasteiger partial charge < -0.3 is 10.2 Å². The SMILES string of the molecule is CN(CCc1cccs1)C(=O)CC1CC2CCC(C1)N2.Cl. The van der Waals surface area contributed by atoms with E-state index in [9.17, 15) is 4.79 Å². The van der Waals surface area contributed by atoms with Crippen LogP contribution in [0.2, 0.25) is 0 Å². The Labute approximate surface area is 137 Å². The molecule has 0 aromatic carbocycles. The van der Waals surface area contributed by atoms with E-state index in [-0.39, 0.29) is 12.4 Å². The van der Waals surface area contributed by atoms with E-state index in [1.54, 1.807) is 11.3 Å². The van der Waals surface area contributed by atoms with Gasteiger partial charge in [-0.3, -0.25) is 4.79 Å². The van der Waals surface area contributed by atoms with Crippen LogP contribution < -0.4 is 5.32 Å². The fourth-order valence-corrected chi connectivity index (χ4v) is 4.30. The molecule has 1 aromatic heterocycles. The van der Waals surface area contributed by atoms with E-state index in [4.69, 9.17) is 0 Å². The summed E-state index contributed by atoms with van der Waals surface area (Å²) in [6.07, 6.45) is 6.74. The molecule has 2 aliphatic heterocycles. The van der Waals surface area contributed by atoms with Gasteiger partial charge in [-0.1, -0.05) is 6.07 Å². The topological polar surface area (TPSA) is 32.3 Å². The second-order valence-corrected chi connectivity index (χ2v) is 7.36. The highest BCUT2D eigenvalue weighted by atomic mass is 35.5. The molecule has 0 spiro atoms. The molecule has 3 nitrogen and oxygen atoms in total. The fourth-order valence-electron chi connectivity index (χ4n) is 3.60. The van der Waals surface area contributed by atoms with Gasteiger partial charge in [0.1, 0.15) is 0 Å². The Bertz CT molecular complexity index is 439. The highest BCUT2D eigenvalue weighted by Crippen LogP contribution is 2.32. The summed E-state index contributed by atoms with van der Waals surface area (Å²) in [6.45, 7) is 0.844. The molecule has 5 heteroatoms. The van der Waals surface area contributed by atoms with Crippen molar-refractivity contribution in [2.75, 3.05) is 13.6 Å². The number of nitrogens with one attached hydrogen (secondary N) is 1. The molecule has 2 atom stereocenters. The smallest absolute Gasteiger partial charge is 0.222 e. The molecule has 1 amide bonds. The Hall–Kier alpha value is -0.580. The minimum absolute atomic E-state index is 0. The Morgan fingerprint density at radius 3 is 2.71 bits per heavy atom. The van der Waals surface area contributed by atoms with Crippen molar-refractivity contribution in [3.05, 3.63) is 22.4 Å². The highest BCUT2D eigenvalue weighted by molar-refractivity contribution is 7.09. The van der Waals surface area contributed by atoms with Gasteiger partial charge in [-0.15, -0.1) is 23.7 Å². The summed E-state index contributed by atoms with van der Waals surface area (Å²) < 4.78 is 0. The Morgan fingerprint density at radius 1 is 1.38 bits per heavy atom. The first-order valence-electron chi connectivity index (χ1n) is 7.73. The Morgan fingerprint density at radius 2 is 2.10 bits per heavy atom. The van der Waals surface area contributed by atoms with Crippen LogP contribution in [0, 0.1) is 5.92 Å². The average Bonchev–Trinajstić information content (AvgIpc) is 3.06. The number of fused-ring (bicyclic) bond motifs is 2. The van der Waals surface area contributed by atoms with Gasteiger partial charge in [-0.25, -0.2) is 0 Å². The lowest BCUT2D eigenvalue weighted by atomic mass is 9.89. The molecule has 2 fully saturated rings. The number of piperidine rings is 1. The lowest BCUT2D eigenvalue weighted by molar-refractivity contribution is -0.131. The summed E-state index contributed by atoms with van der Waals surface area (Å²) >= 11 is 1.77. The first kappa shape index (κ1) is 16.8. The van der Waals surface area contributed by atoms with E-state index in [2.05, 4.69) is 22.8 Å². The van der Waals surface area contributed by atoms with Gasteiger partial charge in [-0.2, -0.15) is 0 Å². The quantitative estimate of drug-likeness (QED) is 0.900. The van der Waals surface area contributed by atoms with Crippen LogP contribution in [-0.4, -0.2) is 36.5 Å². The summed E-state index contributed by atoms with van der Waals surface area (Å²) in [5.41, 5.74) is 0. The zero-order valence-corrected chi connectivity index (χ0v) is 14.2. The minimum Gasteiger partial charge on any atom is -0.345 e. The van der Waals surface area contributed by atoms with Crippen LogP contribution in [0.4, 0.5) is 0 Å². The van der Waals surface area contributed by atoms with Crippen molar-refractivity contribution in [2.45, 2.75) is 50.6 Å². The molecule has 0 radical (unpaired) electrons. The van der Waals surface area contributed by atoms with Gasteiger partial charge in [0.15, 0.2) is 0 Å². The molecule has 2 bridgehead atoms. The van der Waals surface area contributed by atoms with Gasteiger partial charge in [0.2, 0.25) is 5.91 Å². The molecule has 1 N–H and O–H groups in total. The Kier molecular flexibility index (Phi) is 6.08. The first-order valence-corrected chi connectivity index (χ1v) is 8.61. The number of carbonyl (C=O) groups is 1. The van der Waals surface area contributed by atoms with E-state index in [1.807, 2.05) is 11.9 Å². The molecule has 2 saturated heterocycles. The number of hydrogen-bond acceptors (Lipinski definition) is 3. The number of amides is 1. The monoisotopic (exact) mass is 328 g/mol. The third kappa shape index (κ3) is 4.44. The van der Waals surface area contributed by atoms with E-state index in [0.29, 0.717) is 23.9 Å². The third-order valence-electron chi connectivity index (χ3n) is 4.73. The summed E-state index contributed by atoms with van der Waals surface area (Å²) in [7, 11) is 1.95. The molecular weight excluding hydrogens is 304 g/mol. The van der Waals surface area contributed by atoms with Crippen LogP contribution in [0.15, 0.2) is 17.5 Å². The lowest BCUT2D eigenvalue weighted by Gasteiger charge is -2.30. The molecule has 3 heterocycles. The number of thiophene rings is 1. The molecule has 3 rings (SSSR count). The van der Waals surface area contributed by atoms with Crippen molar-refractivity contribution < 1.29 is 4.79 Å². The van der Waals surface area contributed by atoms with Gasteiger partial charge in [0, 0.05) is 37.0 Å². The van der Waals surface area contributed by atoms with Gasteiger partial charge in [0.25, 0.3) is 0 Å². The average molecular weight is 329 g/mol. The number of hydrogen-bond donors (Lipinski definition) is 1. The number of nitrogens with zero attached hydrogens (tertiary/aromatic N) is 1. The van der Waals surface area contributed by atoms with Crippen molar-refractivity contribution in [2.24, 2.45) is 5.92 Å². The van der Waals surface area contributed by atoms with Gasteiger partial charge in [0.05, 0.1) is 0 Å². The molecule has 2 aliphatic rings. The van der Waals surface area contributed by atoms with Crippen LogP contribution in [0.25, 0.3) is 0 Å². The number of likely N-dealkylation sites (N-methyl/N-ethyl adjacent to an activating group) is 1. The summed E-state index contributed by atoms with van der Waals surface area (Å²) in [4.78, 5) is 15.6. The molecular formula is C16H25ClN2OS. The maximum Gasteiger partial charge on any atom is 0.222 e.